The average Bonchev–Trinajstić information content (AvgIpc) is 3.45. The summed E-state index contributed by atoms with van der Waals surface area (Å²) >= 11 is 0. The zero-order valence-electron chi connectivity index (χ0n) is 18.7. The molecule has 1 atom stereocenters. The molecule has 1 saturated heterocycles. The van der Waals surface area contributed by atoms with Crippen molar-refractivity contribution in [3.8, 4) is 0 Å². The van der Waals surface area contributed by atoms with Crippen molar-refractivity contribution in [2.45, 2.75) is 56.5 Å². The summed E-state index contributed by atoms with van der Waals surface area (Å²) in [7, 11) is -3.67. The van der Waals surface area contributed by atoms with Crippen LogP contribution in [0, 0.1) is 13.8 Å². The molecule has 2 heterocycles. The second-order valence-electron chi connectivity index (χ2n) is 9.09. The average molecular weight is 459 g/mol. The second kappa shape index (κ2) is 8.28. The van der Waals surface area contributed by atoms with E-state index < -0.39 is 10.0 Å². The fraction of sp³-hybridized carbons (Fsp3) is 0.565. The van der Waals surface area contributed by atoms with Gasteiger partial charge in [0.1, 0.15) is 10.6 Å². The molecule has 8 nitrogen and oxygen atoms in total. The highest BCUT2D eigenvalue weighted by molar-refractivity contribution is 7.89. The maximum atomic E-state index is 13.2. The third-order valence-corrected chi connectivity index (χ3v) is 9.14. The number of fused-ring (bicyclic) bond motifs is 1. The van der Waals surface area contributed by atoms with E-state index in [0.29, 0.717) is 43.2 Å². The number of rotatable bonds is 6. The third kappa shape index (κ3) is 3.86. The predicted octanol–water partition coefficient (Wildman–Crippen LogP) is 2.28. The van der Waals surface area contributed by atoms with Gasteiger partial charge in [-0.25, -0.2) is 8.42 Å². The molecule has 1 aromatic carbocycles. The Bertz CT molecular complexity index is 1100. The number of benzene rings is 1. The van der Waals surface area contributed by atoms with Crippen LogP contribution in [0.3, 0.4) is 0 Å². The summed E-state index contributed by atoms with van der Waals surface area (Å²) in [6.07, 6.45) is 4.42. The van der Waals surface area contributed by atoms with E-state index in [1.165, 1.54) is 15.4 Å². The fourth-order valence-electron chi connectivity index (χ4n) is 5.19. The SMILES string of the molecule is Cc1noc(C)c1S(=O)(=O)N1CCN(C(=O)CN(C2CC2)C2CCc3ccccc32)CC1. The summed E-state index contributed by atoms with van der Waals surface area (Å²) in [5, 5.41) is 3.78. The Hall–Kier alpha value is -2.23. The first-order chi connectivity index (χ1) is 15.4. The summed E-state index contributed by atoms with van der Waals surface area (Å²) in [5.74, 6) is 0.397. The topological polar surface area (TPSA) is 87.0 Å². The van der Waals surface area contributed by atoms with E-state index in [4.69, 9.17) is 4.52 Å². The van der Waals surface area contributed by atoms with Crippen molar-refractivity contribution < 1.29 is 17.7 Å². The number of sulfonamides is 1. The predicted molar refractivity (Wildman–Crippen MR) is 119 cm³/mol. The number of amides is 1. The van der Waals surface area contributed by atoms with Crippen molar-refractivity contribution in [3.63, 3.8) is 0 Å². The van der Waals surface area contributed by atoms with E-state index in [1.54, 1.807) is 13.8 Å². The normalized spacial score (nSPS) is 21.8. The van der Waals surface area contributed by atoms with E-state index in [2.05, 4.69) is 34.3 Å². The molecule has 172 valence electrons. The van der Waals surface area contributed by atoms with E-state index in [9.17, 15) is 13.2 Å². The van der Waals surface area contributed by atoms with Crippen LogP contribution in [-0.4, -0.2) is 72.4 Å². The molecule has 2 aromatic rings. The van der Waals surface area contributed by atoms with Gasteiger partial charge in [-0.2, -0.15) is 4.31 Å². The van der Waals surface area contributed by atoms with E-state index in [0.717, 1.165) is 25.7 Å². The Labute approximate surface area is 189 Å². The zero-order valence-corrected chi connectivity index (χ0v) is 19.5. The lowest BCUT2D eigenvalue weighted by Gasteiger charge is -2.36. The summed E-state index contributed by atoms with van der Waals surface area (Å²) < 4.78 is 32.6. The highest BCUT2D eigenvalue weighted by Crippen LogP contribution is 2.41. The molecule has 2 fully saturated rings. The molecule has 1 aliphatic heterocycles. The van der Waals surface area contributed by atoms with Gasteiger partial charge >= 0.3 is 0 Å². The van der Waals surface area contributed by atoms with Crippen LogP contribution in [0.25, 0.3) is 0 Å². The van der Waals surface area contributed by atoms with Crippen LogP contribution in [0.15, 0.2) is 33.7 Å². The number of hydrogen-bond donors (Lipinski definition) is 0. The van der Waals surface area contributed by atoms with Gasteiger partial charge in [-0.05, 0) is 50.7 Å². The Morgan fingerprint density at radius 2 is 1.84 bits per heavy atom. The van der Waals surface area contributed by atoms with Crippen LogP contribution >= 0.6 is 0 Å². The fourth-order valence-corrected chi connectivity index (χ4v) is 6.90. The number of aryl methyl sites for hydroxylation is 3. The Morgan fingerprint density at radius 1 is 1.12 bits per heavy atom. The molecule has 0 N–H and O–H groups in total. The van der Waals surface area contributed by atoms with Crippen LogP contribution in [0.1, 0.15) is 47.9 Å². The largest absolute Gasteiger partial charge is 0.360 e. The molecule has 0 bridgehead atoms. The number of carbonyl (C=O) groups is 1. The molecule has 9 heteroatoms. The number of hydrogen-bond acceptors (Lipinski definition) is 6. The van der Waals surface area contributed by atoms with Gasteiger partial charge in [-0.1, -0.05) is 29.4 Å². The highest BCUT2D eigenvalue weighted by Gasteiger charge is 2.40. The van der Waals surface area contributed by atoms with Crippen molar-refractivity contribution >= 4 is 15.9 Å². The molecule has 1 amide bonds. The quantitative estimate of drug-likeness (QED) is 0.660. The Kier molecular flexibility index (Phi) is 5.59. The van der Waals surface area contributed by atoms with Crippen molar-refractivity contribution in [2.75, 3.05) is 32.7 Å². The lowest BCUT2D eigenvalue weighted by molar-refractivity contribution is -0.134. The van der Waals surface area contributed by atoms with Crippen LogP contribution in [0.5, 0.6) is 0 Å². The van der Waals surface area contributed by atoms with Gasteiger partial charge in [0.05, 0.1) is 6.54 Å². The monoisotopic (exact) mass is 458 g/mol. The summed E-state index contributed by atoms with van der Waals surface area (Å²) in [6, 6.07) is 9.36. The zero-order chi connectivity index (χ0) is 22.5. The Balaban J connectivity index is 1.24. The second-order valence-corrected chi connectivity index (χ2v) is 11.0. The minimum atomic E-state index is -3.67. The first-order valence-corrected chi connectivity index (χ1v) is 12.8. The molecule has 1 unspecified atom stereocenters. The van der Waals surface area contributed by atoms with Gasteiger partial charge in [0, 0.05) is 38.3 Å². The van der Waals surface area contributed by atoms with Gasteiger partial charge in [-0.15, -0.1) is 0 Å². The number of carbonyl (C=O) groups excluding carboxylic acids is 1. The van der Waals surface area contributed by atoms with Gasteiger partial charge in [0.15, 0.2) is 5.76 Å². The lowest BCUT2D eigenvalue weighted by Crippen LogP contribution is -2.53. The molecule has 5 rings (SSSR count). The van der Waals surface area contributed by atoms with Crippen molar-refractivity contribution in [2.24, 2.45) is 0 Å². The van der Waals surface area contributed by atoms with Crippen molar-refractivity contribution in [1.82, 2.24) is 19.3 Å². The number of aromatic nitrogens is 1. The number of nitrogens with zero attached hydrogens (tertiary/aromatic N) is 4. The van der Waals surface area contributed by atoms with Gasteiger partial charge < -0.3 is 9.42 Å². The standard InChI is InChI=1S/C23H30N4O4S/c1-16-23(17(2)31-24-16)32(29,30)26-13-11-25(12-14-26)22(28)15-27(19-8-9-19)21-10-7-18-5-3-4-6-20(18)21/h3-6,19,21H,7-15H2,1-2H3. The van der Waals surface area contributed by atoms with Gasteiger partial charge in [-0.3, -0.25) is 9.69 Å². The molecule has 2 aliphatic carbocycles. The van der Waals surface area contributed by atoms with E-state index >= 15 is 0 Å². The van der Waals surface area contributed by atoms with Crippen LogP contribution in [-0.2, 0) is 21.2 Å². The van der Waals surface area contributed by atoms with Crippen molar-refractivity contribution in [3.05, 3.63) is 46.8 Å². The molecule has 0 radical (unpaired) electrons. The first-order valence-electron chi connectivity index (χ1n) is 11.4. The molecule has 1 aromatic heterocycles. The minimum absolute atomic E-state index is 0.0932. The van der Waals surface area contributed by atoms with E-state index in [-0.39, 0.29) is 23.9 Å². The van der Waals surface area contributed by atoms with Crippen molar-refractivity contribution in [1.29, 1.82) is 0 Å². The van der Waals surface area contributed by atoms with Crippen LogP contribution in [0.2, 0.25) is 0 Å². The Morgan fingerprint density at radius 3 is 2.50 bits per heavy atom. The summed E-state index contributed by atoms with van der Waals surface area (Å²) in [4.78, 5) is 17.5. The maximum absolute atomic E-state index is 13.2. The molecular weight excluding hydrogens is 428 g/mol. The van der Waals surface area contributed by atoms with Crippen LogP contribution < -0.4 is 0 Å². The summed E-state index contributed by atoms with van der Waals surface area (Å²) in [6.45, 7) is 5.03. The molecule has 1 saturated carbocycles. The highest BCUT2D eigenvalue weighted by atomic mass is 32.2. The minimum Gasteiger partial charge on any atom is -0.360 e. The maximum Gasteiger partial charge on any atom is 0.248 e. The summed E-state index contributed by atoms with van der Waals surface area (Å²) in [5.41, 5.74) is 3.13. The molecule has 3 aliphatic rings. The first kappa shape index (κ1) is 21.6. The van der Waals surface area contributed by atoms with Crippen LogP contribution in [0.4, 0.5) is 0 Å². The molecule has 0 spiro atoms. The third-order valence-electron chi connectivity index (χ3n) is 6.99. The molecular formula is C23H30N4O4S. The van der Waals surface area contributed by atoms with Gasteiger partial charge in [0.2, 0.25) is 15.9 Å². The van der Waals surface area contributed by atoms with E-state index in [1.807, 2.05) is 4.90 Å². The number of piperazine rings is 1. The lowest BCUT2D eigenvalue weighted by atomic mass is 10.1. The molecule has 32 heavy (non-hydrogen) atoms. The smallest absolute Gasteiger partial charge is 0.248 e. The van der Waals surface area contributed by atoms with Gasteiger partial charge in [0.25, 0.3) is 0 Å².